The van der Waals surface area contributed by atoms with E-state index in [-0.39, 0.29) is 5.56 Å². The van der Waals surface area contributed by atoms with E-state index >= 15 is 0 Å². The SMILES string of the molecule is Cn1nnnc1Sc1nc[nH]c(=O)c1Br. The van der Waals surface area contributed by atoms with Gasteiger partial charge in [-0.15, -0.1) is 5.10 Å². The van der Waals surface area contributed by atoms with Crippen LogP contribution in [0.25, 0.3) is 0 Å². The van der Waals surface area contributed by atoms with E-state index in [9.17, 15) is 4.79 Å². The molecule has 0 unspecified atom stereocenters. The van der Waals surface area contributed by atoms with Crippen LogP contribution in [0.2, 0.25) is 0 Å². The van der Waals surface area contributed by atoms with Crippen LogP contribution in [0.4, 0.5) is 0 Å². The van der Waals surface area contributed by atoms with Gasteiger partial charge in [-0.2, -0.15) is 0 Å². The Hall–Kier alpha value is -1.22. The number of aryl methyl sites for hydroxylation is 1. The summed E-state index contributed by atoms with van der Waals surface area (Å²) in [5.41, 5.74) is -0.234. The Kier molecular flexibility index (Phi) is 2.82. The lowest BCUT2D eigenvalue weighted by Crippen LogP contribution is -2.08. The molecule has 0 amide bonds. The van der Waals surface area contributed by atoms with Crippen molar-refractivity contribution in [2.24, 2.45) is 7.05 Å². The van der Waals surface area contributed by atoms with Crippen molar-refractivity contribution in [3.8, 4) is 0 Å². The standard InChI is InChI=1S/C6H5BrN6OS/c1-13-6(10-11-12-13)15-5-3(7)4(14)8-2-9-5/h2H,1H3,(H,8,9,14). The predicted molar refractivity (Wildman–Crippen MR) is 55.5 cm³/mol. The van der Waals surface area contributed by atoms with Crippen LogP contribution in [0.15, 0.2) is 25.8 Å². The van der Waals surface area contributed by atoms with Crippen LogP contribution in [-0.4, -0.2) is 30.2 Å². The summed E-state index contributed by atoms with van der Waals surface area (Å²) >= 11 is 4.36. The largest absolute Gasteiger partial charge is 0.312 e. The van der Waals surface area contributed by atoms with E-state index in [0.29, 0.717) is 14.7 Å². The number of nitrogens with one attached hydrogen (secondary N) is 1. The summed E-state index contributed by atoms with van der Waals surface area (Å²) in [5, 5.41) is 12.0. The van der Waals surface area contributed by atoms with Gasteiger partial charge in [0.15, 0.2) is 0 Å². The zero-order chi connectivity index (χ0) is 10.8. The van der Waals surface area contributed by atoms with Crippen molar-refractivity contribution in [2.75, 3.05) is 0 Å². The maximum atomic E-state index is 11.2. The second-order valence-electron chi connectivity index (χ2n) is 2.54. The zero-order valence-corrected chi connectivity index (χ0v) is 9.91. The number of rotatable bonds is 2. The van der Waals surface area contributed by atoms with E-state index in [1.807, 2.05) is 0 Å². The van der Waals surface area contributed by atoms with E-state index in [4.69, 9.17) is 0 Å². The van der Waals surface area contributed by atoms with Crippen molar-refractivity contribution in [2.45, 2.75) is 10.2 Å². The van der Waals surface area contributed by atoms with E-state index < -0.39 is 0 Å². The average molecular weight is 289 g/mol. The highest BCUT2D eigenvalue weighted by atomic mass is 79.9. The molecule has 0 aromatic carbocycles. The molecule has 15 heavy (non-hydrogen) atoms. The quantitative estimate of drug-likeness (QED) is 0.795. The molecule has 2 heterocycles. The van der Waals surface area contributed by atoms with Crippen molar-refractivity contribution >= 4 is 27.7 Å². The van der Waals surface area contributed by atoms with Gasteiger partial charge in [-0.1, -0.05) is 0 Å². The summed E-state index contributed by atoms with van der Waals surface area (Å²) in [6.07, 6.45) is 1.33. The summed E-state index contributed by atoms with van der Waals surface area (Å²) in [7, 11) is 1.71. The highest BCUT2D eigenvalue weighted by Crippen LogP contribution is 2.26. The van der Waals surface area contributed by atoms with Crippen molar-refractivity contribution in [3.63, 3.8) is 0 Å². The molecule has 0 fully saturated rings. The monoisotopic (exact) mass is 288 g/mol. The van der Waals surface area contributed by atoms with Gasteiger partial charge in [-0.05, 0) is 38.1 Å². The second kappa shape index (κ2) is 4.11. The van der Waals surface area contributed by atoms with Gasteiger partial charge in [0.1, 0.15) is 9.50 Å². The number of hydrogen-bond donors (Lipinski definition) is 1. The molecule has 0 aliphatic carbocycles. The van der Waals surface area contributed by atoms with Gasteiger partial charge in [-0.25, -0.2) is 9.67 Å². The van der Waals surface area contributed by atoms with E-state index in [1.165, 1.54) is 22.8 Å². The maximum Gasteiger partial charge on any atom is 0.266 e. The minimum atomic E-state index is -0.234. The number of hydrogen-bond acceptors (Lipinski definition) is 6. The molecule has 2 aromatic rings. The number of aromatic amines is 1. The predicted octanol–water partition coefficient (Wildman–Crippen LogP) is 0.207. The smallest absolute Gasteiger partial charge is 0.266 e. The van der Waals surface area contributed by atoms with Crippen LogP contribution in [0.5, 0.6) is 0 Å². The number of nitrogens with zero attached hydrogens (tertiary/aromatic N) is 5. The lowest BCUT2D eigenvalue weighted by Gasteiger charge is -1.99. The van der Waals surface area contributed by atoms with Crippen molar-refractivity contribution < 1.29 is 0 Å². The third-order valence-corrected chi connectivity index (χ3v) is 3.56. The van der Waals surface area contributed by atoms with Crippen LogP contribution in [-0.2, 0) is 7.05 Å². The Morgan fingerprint density at radius 1 is 1.60 bits per heavy atom. The molecule has 9 heteroatoms. The van der Waals surface area contributed by atoms with Gasteiger partial charge in [-0.3, -0.25) is 4.79 Å². The molecule has 0 spiro atoms. The summed E-state index contributed by atoms with van der Waals surface area (Å²) in [6, 6.07) is 0. The highest BCUT2D eigenvalue weighted by Gasteiger charge is 2.11. The van der Waals surface area contributed by atoms with E-state index in [0.717, 1.165) is 0 Å². The molecule has 0 aliphatic rings. The molecule has 78 valence electrons. The Balaban J connectivity index is 2.37. The first-order chi connectivity index (χ1) is 7.18. The molecule has 0 atom stereocenters. The molecule has 0 saturated heterocycles. The Morgan fingerprint density at radius 2 is 2.40 bits per heavy atom. The first-order valence-electron chi connectivity index (χ1n) is 3.82. The molecule has 0 bridgehead atoms. The topological polar surface area (TPSA) is 89.3 Å². The van der Waals surface area contributed by atoms with Gasteiger partial charge in [0.2, 0.25) is 5.16 Å². The lowest BCUT2D eigenvalue weighted by atomic mass is 10.7. The Bertz CT molecular complexity index is 536. The van der Waals surface area contributed by atoms with Gasteiger partial charge >= 0.3 is 0 Å². The average Bonchev–Trinajstić information content (AvgIpc) is 2.60. The van der Waals surface area contributed by atoms with Crippen LogP contribution >= 0.6 is 27.7 Å². The minimum Gasteiger partial charge on any atom is -0.312 e. The van der Waals surface area contributed by atoms with Crippen LogP contribution in [0.3, 0.4) is 0 Å². The minimum absolute atomic E-state index is 0.234. The maximum absolute atomic E-state index is 11.2. The van der Waals surface area contributed by atoms with Crippen LogP contribution in [0.1, 0.15) is 0 Å². The summed E-state index contributed by atoms with van der Waals surface area (Å²) in [5.74, 6) is 0. The number of tetrazole rings is 1. The second-order valence-corrected chi connectivity index (χ2v) is 4.29. The first-order valence-corrected chi connectivity index (χ1v) is 5.43. The number of aromatic nitrogens is 6. The fourth-order valence-corrected chi connectivity index (χ4v) is 2.00. The van der Waals surface area contributed by atoms with Crippen molar-refractivity contribution in [1.29, 1.82) is 0 Å². The number of H-pyrrole nitrogens is 1. The Morgan fingerprint density at radius 3 is 3.07 bits per heavy atom. The van der Waals surface area contributed by atoms with E-state index in [1.54, 1.807) is 7.05 Å². The van der Waals surface area contributed by atoms with Crippen molar-refractivity contribution in [1.82, 2.24) is 30.2 Å². The summed E-state index contributed by atoms with van der Waals surface area (Å²) in [6.45, 7) is 0. The molecule has 0 aliphatic heterocycles. The summed E-state index contributed by atoms with van der Waals surface area (Å²) < 4.78 is 1.87. The molecule has 7 nitrogen and oxygen atoms in total. The van der Waals surface area contributed by atoms with Gasteiger partial charge in [0, 0.05) is 7.05 Å². The third-order valence-electron chi connectivity index (χ3n) is 1.53. The molecular weight excluding hydrogens is 284 g/mol. The fraction of sp³-hybridized carbons (Fsp3) is 0.167. The lowest BCUT2D eigenvalue weighted by molar-refractivity contribution is 0.664. The van der Waals surface area contributed by atoms with Crippen molar-refractivity contribution in [3.05, 3.63) is 21.2 Å². The van der Waals surface area contributed by atoms with Crippen LogP contribution in [0, 0.1) is 0 Å². The fourth-order valence-electron chi connectivity index (χ4n) is 0.832. The van der Waals surface area contributed by atoms with Gasteiger partial charge < -0.3 is 4.98 Å². The molecule has 0 radical (unpaired) electrons. The van der Waals surface area contributed by atoms with Crippen LogP contribution < -0.4 is 5.56 Å². The summed E-state index contributed by atoms with van der Waals surface area (Å²) in [4.78, 5) is 17.7. The zero-order valence-electron chi connectivity index (χ0n) is 7.51. The number of halogens is 1. The van der Waals surface area contributed by atoms with Gasteiger partial charge in [0.05, 0.1) is 6.33 Å². The van der Waals surface area contributed by atoms with Gasteiger partial charge in [0.25, 0.3) is 5.56 Å². The molecular formula is C6H5BrN6OS. The molecule has 2 aromatic heterocycles. The third kappa shape index (κ3) is 2.07. The Labute approximate surface area is 96.4 Å². The molecule has 2 rings (SSSR count). The highest BCUT2D eigenvalue weighted by molar-refractivity contribution is 9.10. The molecule has 0 saturated carbocycles. The first kappa shape index (κ1) is 10.3. The normalized spacial score (nSPS) is 10.5. The van der Waals surface area contributed by atoms with E-state index in [2.05, 4.69) is 41.4 Å². The molecule has 1 N–H and O–H groups in total.